The van der Waals surface area contributed by atoms with Crippen molar-refractivity contribution >= 4 is 5.97 Å². The standard InChI is InChI=1S/C13H21NO2/c1-6-13(9-16-12(5)15)8-7-11(4)14-10(2)3/h6-8,10,14H,1,9H2,2-5H3/b11-7+,13-8+. The molecule has 0 amide bonds. The van der Waals surface area contributed by atoms with E-state index in [0.29, 0.717) is 6.04 Å². The Hall–Kier alpha value is -1.51. The fourth-order valence-electron chi connectivity index (χ4n) is 1.10. The molecule has 1 N–H and O–H groups in total. The first-order valence-electron chi connectivity index (χ1n) is 5.35. The van der Waals surface area contributed by atoms with E-state index in [-0.39, 0.29) is 12.6 Å². The van der Waals surface area contributed by atoms with E-state index < -0.39 is 0 Å². The highest BCUT2D eigenvalue weighted by atomic mass is 16.5. The molecule has 0 saturated heterocycles. The van der Waals surface area contributed by atoms with Gasteiger partial charge >= 0.3 is 5.97 Å². The minimum Gasteiger partial charge on any atom is -0.461 e. The Morgan fingerprint density at radius 2 is 2.00 bits per heavy atom. The van der Waals surface area contributed by atoms with Gasteiger partial charge in [-0.25, -0.2) is 0 Å². The van der Waals surface area contributed by atoms with E-state index in [1.165, 1.54) is 6.92 Å². The molecule has 0 atom stereocenters. The van der Waals surface area contributed by atoms with Gasteiger partial charge in [-0.3, -0.25) is 4.79 Å². The van der Waals surface area contributed by atoms with E-state index >= 15 is 0 Å². The summed E-state index contributed by atoms with van der Waals surface area (Å²) in [6.45, 7) is 11.5. The van der Waals surface area contributed by atoms with E-state index in [0.717, 1.165) is 11.3 Å². The van der Waals surface area contributed by atoms with Crippen LogP contribution in [0.5, 0.6) is 0 Å². The summed E-state index contributed by atoms with van der Waals surface area (Å²) in [4.78, 5) is 10.6. The van der Waals surface area contributed by atoms with E-state index in [4.69, 9.17) is 4.74 Å². The lowest BCUT2D eigenvalue weighted by Crippen LogP contribution is -2.19. The molecular weight excluding hydrogens is 202 g/mol. The molecule has 0 fully saturated rings. The molecule has 0 aliphatic heterocycles. The van der Waals surface area contributed by atoms with Crippen LogP contribution in [0.3, 0.4) is 0 Å². The number of carbonyl (C=O) groups excluding carboxylic acids is 1. The molecule has 0 aromatic heterocycles. The quantitative estimate of drug-likeness (QED) is 0.555. The van der Waals surface area contributed by atoms with Crippen molar-refractivity contribution in [2.75, 3.05) is 6.61 Å². The molecule has 3 nitrogen and oxygen atoms in total. The van der Waals surface area contributed by atoms with Crippen LogP contribution < -0.4 is 5.32 Å². The predicted octanol–water partition coefficient (Wildman–Crippen LogP) is 2.56. The Bertz CT molecular complexity index is 301. The van der Waals surface area contributed by atoms with E-state index in [1.54, 1.807) is 6.08 Å². The molecule has 0 spiro atoms. The lowest BCUT2D eigenvalue weighted by molar-refractivity contribution is -0.139. The van der Waals surface area contributed by atoms with Gasteiger partial charge in [0.2, 0.25) is 0 Å². The number of carbonyl (C=O) groups is 1. The monoisotopic (exact) mass is 223 g/mol. The molecule has 0 saturated carbocycles. The summed E-state index contributed by atoms with van der Waals surface area (Å²) in [6, 6.07) is 0.408. The molecule has 0 radical (unpaired) electrons. The van der Waals surface area contributed by atoms with Crippen LogP contribution in [0.4, 0.5) is 0 Å². The summed E-state index contributed by atoms with van der Waals surface area (Å²) in [7, 11) is 0. The number of hydrogen-bond acceptors (Lipinski definition) is 3. The maximum atomic E-state index is 10.6. The lowest BCUT2D eigenvalue weighted by atomic mass is 10.2. The molecule has 0 aromatic rings. The van der Waals surface area contributed by atoms with E-state index in [1.807, 2.05) is 19.1 Å². The average Bonchev–Trinajstić information content (AvgIpc) is 2.16. The molecule has 0 bridgehead atoms. The summed E-state index contributed by atoms with van der Waals surface area (Å²) < 4.78 is 4.88. The molecule has 16 heavy (non-hydrogen) atoms. The topological polar surface area (TPSA) is 38.3 Å². The maximum Gasteiger partial charge on any atom is 0.302 e. The van der Waals surface area contributed by atoms with Gasteiger partial charge in [0.05, 0.1) is 0 Å². The second-order valence-electron chi connectivity index (χ2n) is 3.87. The highest BCUT2D eigenvalue weighted by Crippen LogP contribution is 2.00. The van der Waals surface area contributed by atoms with Crippen LogP contribution in [0.25, 0.3) is 0 Å². The number of allylic oxidation sites excluding steroid dienone is 3. The fourth-order valence-corrected chi connectivity index (χ4v) is 1.10. The van der Waals surface area contributed by atoms with Crippen molar-refractivity contribution in [1.29, 1.82) is 0 Å². The Morgan fingerprint density at radius 3 is 2.44 bits per heavy atom. The lowest BCUT2D eigenvalue weighted by Gasteiger charge is -2.09. The molecule has 0 unspecified atom stereocenters. The van der Waals surface area contributed by atoms with Gasteiger partial charge in [0, 0.05) is 18.7 Å². The molecule has 0 rings (SSSR count). The third-order valence-corrected chi connectivity index (χ3v) is 1.77. The molecule has 0 aliphatic carbocycles. The van der Waals surface area contributed by atoms with Gasteiger partial charge in [0.1, 0.15) is 6.61 Å². The van der Waals surface area contributed by atoms with Gasteiger partial charge in [-0.05, 0) is 32.4 Å². The van der Waals surface area contributed by atoms with Crippen molar-refractivity contribution in [3.8, 4) is 0 Å². The SMILES string of the molecule is C=C/C(=C\C=C(/C)NC(C)C)COC(C)=O. The van der Waals surface area contributed by atoms with Gasteiger partial charge in [0.15, 0.2) is 0 Å². The van der Waals surface area contributed by atoms with Crippen LogP contribution in [-0.2, 0) is 9.53 Å². The smallest absolute Gasteiger partial charge is 0.302 e. The fraction of sp³-hybridized carbons (Fsp3) is 0.462. The zero-order chi connectivity index (χ0) is 12.6. The van der Waals surface area contributed by atoms with Crippen molar-refractivity contribution in [3.05, 3.63) is 36.1 Å². The molecule has 0 aliphatic rings. The van der Waals surface area contributed by atoms with Crippen molar-refractivity contribution in [3.63, 3.8) is 0 Å². The van der Waals surface area contributed by atoms with E-state index in [2.05, 4.69) is 25.7 Å². The zero-order valence-corrected chi connectivity index (χ0v) is 10.5. The third kappa shape index (κ3) is 7.85. The van der Waals surface area contributed by atoms with Crippen molar-refractivity contribution in [2.24, 2.45) is 0 Å². The number of hydrogen-bond donors (Lipinski definition) is 1. The minimum absolute atomic E-state index is 0.268. The molecular formula is C13H21NO2. The first-order valence-corrected chi connectivity index (χ1v) is 5.35. The Kier molecular flexibility index (Phi) is 7.01. The largest absolute Gasteiger partial charge is 0.461 e. The summed E-state index contributed by atoms with van der Waals surface area (Å²) in [5, 5.41) is 3.26. The van der Waals surface area contributed by atoms with Crippen LogP contribution in [-0.4, -0.2) is 18.6 Å². The Labute approximate surface area is 97.9 Å². The van der Waals surface area contributed by atoms with Crippen molar-refractivity contribution < 1.29 is 9.53 Å². The maximum absolute atomic E-state index is 10.6. The predicted molar refractivity (Wildman–Crippen MR) is 66.9 cm³/mol. The van der Waals surface area contributed by atoms with Gasteiger partial charge < -0.3 is 10.1 Å². The molecule has 0 heterocycles. The summed E-state index contributed by atoms with van der Waals surface area (Å²) >= 11 is 0. The average molecular weight is 223 g/mol. The number of rotatable bonds is 6. The zero-order valence-electron chi connectivity index (χ0n) is 10.5. The normalized spacial score (nSPS) is 12.6. The van der Waals surface area contributed by atoms with Crippen LogP contribution in [0.1, 0.15) is 27.7 Å². The second kappa shape index (κ2) is 7.74. The van der Waals surface area contributed by atoms with Crippen LogP contribution >= 0.6 is 0 Å². The minimum atomic E-state index is -0.284. The van der Waals surface area contributed by atoms with Gasteiger partial charge in [-0.1, -0.05) is 18.7 Å². The Balaban J connectivity index is 4.34. The van der Waals surface area contributed by atoms with E-state index in [9.17, 15) is 4.79 Å². The first kappa shape index (κ1) is 14.5. The highest BCUT2D eigenvalue weighted by molar-refractivity contribution is 5.66. The summed E-state index contributed by atoms with van der Waals surface area (Å²) in [6.07, 6.45) is 5.52. The first-order chi connectivity index (χ1) is 7.45. The molecule has 90 valence electrons. The van der Waals surface area contributed by atoms with Crippen LogP contribution in [0, 0.1) is 0 Å². The van der Waals surface area contributed by atoms with Gasteiger partial charge in [-0.15, -0.1) is 0 Å². The molecule has 3 heteroatoms. The second-order valence-corrected chi connectivity index (χ2v) is 3.87. The van der Waals surface area contributed by atoms with Gasteiger partial charge in [-0.2, -0.15) is 0 Å². The molecule has 0 aromatic carbocycles. The number of esters is 1. The third-order valence-electron chi connectivity index (χ3n) is 1.77. The number of ether oxygens (including phenoxy) is 1. The van der Waals surface area contributed by atoms with Crippen molar-refractivity contribution in [2.45, 2.75) is 33.7 Å². The summed E-state index contributed by atoms with van der Waals surface area (Å²) in [5.74, 6) is -0.284. The van der Waals surface area contributed by atoms with Crippen molar-refractivity contribution in [1.82, 2.24) is 5.32 Å². The number of nitrogens with one attached hydrogen (secondary N) is 1. The Morgan fingerprint density at radius 1 is 1.38 bits per heavy atom. The van der Waals surface area contributed by atoms with Crippen LogP contribution in [0.15, 0.2) is 36.1 Å². The highest BCUT2D eigenvalue weighted by Gasteiger charge is 1.95. The summed E-state index contributed by atoms with van der Waals surface area (Å²) in [5.41, 5.74) is 1.94. The van der Waals surface area contributed by atoms with Gasteiger partial charge in [0.25, 0.3) is 0 Å². The van der Waals surface area contributed by atoms with Crippen LogP contribution in [0.2, 0.25) is 0 Å².